The van der Waals surface area contributed by atoms with E-state index in [1.54, 1.807) is 11.8 Å². The van der Waals surface area contributed by atoms with E-state index in [0.717, 1.165) is 5.03 Å². The quantitative estimate of drug-likeness (QED) is 0.423. The first-order chi connectivity index (χ1) is 5.88. The summed E-state index contributed by atoms with van der Waals surface area (Å²) in [6, 6.07) is 0. The number of aromatic nitrogens is 2. The molecule has 1 heterocycles. The second kappa shape index (κ2) is 4.03. The van der Waals surface area contributed by atoms with Gasteiger partial charge in [-0.25, -0.2) is 9.97 Å². The highest BCUT2D eigenvalue weighted by Crippen LogP contribution is 2.34. The molecule has 2 nitrogen and oxygen atoms in total. The highest BCUT2D eigenvalue weighted by Gasteiger charge is 2.16. The van der Waals surface area contributed by atoms with Gasteiger partial charge in [0.2, 0.25) is 5.28 Å². The maximum absolute atomic E-state index is 5.90. The minimum absolute atomic E-state index is 0.0708. The number of rotatable bonds is 1. The lowest BCUT2D eigenvalue weighted by molar-refractivity contribution is 0.798. The topological polar surface area (TPSA) is 25.8 Å². The van der Waals surface area contributed by atoms with Crippen LogP contribution in [-0.4, -0.2) is 14.7 Å². The predicted molar refractivity (Wildman–Crippen MR) is 57.7 cm³/mol. The van der Waals surface area contributed by atoms with Gasteiger partial charge >= 0.3 is 0 Å². The van der Waals surface area contributed by atoms with Gasteiger partial charge in [0.05, 0.1) is 11.2 Å². The van der Waals surface area contributed by atoms with Crippen molar-refractivity contribution >= 4 is 35.0 Å². The summed E-state index contributed by atoms with van der Waals surface area (Å²) in [5.41, 5.74) is 0. The van der Waals surface area contributed by atoms with Gasteiger partial charge in [-0.3, -0.25) is 0 Å². The Balaban J connectivity index is 2.94. The molecule has 0 fully saturated rings. The van der Waals surface area contributed by atoms with Gasteiger partial charge in [0.15, 0.2) is 0 Å². The summed E-state index contributed by atoms with van der Waals surface area (Å²) >= 11 is 13.1. The van der Waals surface area contributed by atoms with Crippen LogP contribution in [0.5, 0.6) is 0 Å². The van der Waals surface area contributed by atoms with Crippen molar-refractivity contribution in [1.29, 1.82) is 0 Å². The third kappa shape index (κ3) is 3.71. The summed E-state index contributed by atoms with van der Waals surface area (Å²) in [7, 11) is 0. The molecule has 0 aromatic carbocycles. The molecule has 0 bridgehead atoms. The molecule has 0 aliphatic rings. The van der Waals surface area contributed by atoms with Crippen molar-refractivity contribution in [2.45, 2.75) is 30.5 Å². The third-order valence-electron chi connectivity index (χ3n) is 1.09. The zero-order chi connectivity index (χ0) is 10.1. The molecule has 0 spiro atoms. The number of thioether (sulfide) groups is 1. The predicted octanol–water partition coefficient (Wildman–Crippen LogP) is 3.67. The van der Waals surface area contributed by atoms with Crippen molar-refractivity contribution in [3.63, 3.8) is 0 Å². The van der Waals surface area contributed by atoms with Crippen molar-refractivity contribution in [2.24, 2.45) is 0 Å². The summed E-state index contributed by atoms with van der Waals surface area (Å²) in [5.74, 6) is 0. The zero-order valence-electron chi connectivity index (χ0n) is 7.64. The lowest BCUT2D eigenvalue weighted by Crippen LogP contribution is -2.07. The van der Waals surface area contributed by atoms with E-state index in [4.69, 9.17) is 23.2 Å². The molecule has 0 aliphatic carbocycles. The average Bonchev–Trinajstić information content (AvgIpc) is 1.94. The molecule has 0 N–H and O–H groups in total. The van der Waals surface area contributed by atoms with Gasteiger partial charge in [0, 0.05) is 4.75 Å². The van der Waals surface area contributed by atoms with Gasteiger partial charge in [0.1, 0.15) is 5.03 Å². The molecule has 5 heteroatoms. The van der Waals surface area contributed by atoms with E-state index < -0.39 is 0 Å². The highest BCUT2D eigenvalue weighted by atomic mass is 35.5. The van der Waals surface area contributed by atoms with Gasteiger partial charge in [-0.15, -0.1) is 0 Å². The van der Waals surface area contributed by atoms with Crippen LogP contribution in [0, 0.1) is 0 Å². The molecule has 0 saturated heterocycles. The van der Waals surface area contributed by atoms with Crippen LogP contribution < -0.4 is 0 Å². The molecule has 0 unspecified atom stereocenters. The molecule has 0 amide bonds. The Bertz CT molecular complexity index is 310. The zero-order valence-corrected chi connectivity index (χ0v) is 9.96. The summed E-state index contributed by atoms with van der Waals surface area (Å²) in [6.45, 7) is 6.26. The van der Waals surface area contributed by atoms with Crippen LogP contribution in [0.2, 0.25) is 10.3 Å². The van der Waals surface area contributed by atoms with Crippen molar-refractivity contribution in [3.05, 3.63) is 16.5 Å². The second-order valence-electron chi connectivity index (χ2n) is 3.51. The normalized spacial score (nSPS) is 11.8. The van der Waals surface area contributed by atoms with E-state index in [2.05, 4.69) is 30.7 Å². The maximum atomic E-state index is 5.90. The molecule has 0 atom stereocenters. The Kier molecular flexibility index (Phi) is 3.44. The van der Waals surface area contributed by atoms with Gasteiger partial charge < -0.3 is 0 Å². The van der Waals surface area contributed by atoms with Crippen LogP contribution >= 0.6 is 35.0 Å². The van der Waals surface area contributed by atoms with Gasteiger partial charge in [-0.1, -0.05) is 44.1 Å². The molecule has 72 valence electrons. The van der Waals surface area contributed by atoms with Crippen LogP contribution in [0.25, 0.3) is 0 Å². The first kappa shape index (κ1) is 11.1. The lowest BCUT2D eigenvalue weighted by Gasteiger charge is -2.17. The summed E-state index contributed by atoms with van der Waals surface area (Å²) in [4.78, 5) is 7.82. The Morgan fingerprint density at radius 3 is 2.46 bits per heavy atom. The molecule has 0 aliphatic heterocycles. The highest BCUT2D eigenvalue weighted by molar-refractivity contribution is 8.00. The van der Waals surface area contributed by atoms with Crippen molar-refractivity contribution in [2.75, 3.05) is 0 Å². The van der Waals surface area contributed by atoms with E-state index >= 15 is 0 Å². The number of hydrogen-bond acceptors (Lipinski definition) is 3. The molecule has 1 aromatic heterocycles. The van der Waals surface area contributed by atoms with Crippen LogP contribution in [0.3, 0.4) is 0 Å². The first-order valence-electron chi connectivity index (χ1n) is 3.75. The molecular formula is C8H10Cl2N2S. The largest absolute Gasteiger partial charge is 0.225 e. The lowest BCUT2D eigenvalue weighted by atomic mass is 10.3. The van der Waals surface area contributed by atoms with Crippen LogP contribution in [-0.2, 0) is 0 Å². The minimum atomic E-state index is 0.0708. The van der Waals surface area contributed by atoms with E-state index in [9.17, 15) is 0 Å². The summed E-state index contributed by atoms with van der Waals surface area (Å²) < 4.78 is 0.0708. The smallest absolute Gasteiger partial charge is 0.223 e. The maximum Gasteiger partial charge on any atom is 0.223 e. The molecule has 1 rings (SSSR count). The fraction of sp³-hybridized carbons (Fsp3) is 0.500. The van der Waals surface area contributed by atoms with Crippen LogP contribution in [0.15, 0.2) is 11.2 Å². The Labute approximate surface area is 92.1 Å². The van der Waals surface area contributed by atoms with Crippen LogP contribution in [0.4, 0.5) is 0 Å². The summed E-state index contributed by atoms with van der Waals surface area (Å²) in [5, 5.41) is 1.51. The van der Waals surface area contributed by atoms with E-state index in [0.29, 0.717) is 5.02 Å². The Morgan fingerprint density at radius 2 is 1.92 bits per heavy atom. The van der Waals surface area contributed by atoms with Crippen LogP contribution in [0.1, 0.15) is 20.8 Å². The van der Waals surface area contributed by atoms with E-state index in [-0.39, 0.29) is 10.0 Å². The molecule has 0 radical (unpaired) electrons. The standard InChI is InChI=1S/C8H10Cl2N2S/c1-8(2,3)13-6-5(9)4-11-7(10)12-6/h4H,1-3H3. The second-order valence-corrected chi connectivity index (χ2v) is 6.07. The molecule has 0 saturated carbocycles. The fourth-order valence-corrected chi connectivity index (χ4v) is 1.95. The van der Waals surface area contributed by atoms with Gasteiger partial charge in [-0.05, 0) is 11.6 Å². The SMILES string of the molecule is CC(C)(C)Sc1nc(Cl)ncc1Cl. The first-order valence-corrected chi connectivity index (χ1v) is 5.33. The van der Waals surface area contributed by atoms with Gasteiger partial charge in [-0.2, -0.15) is 0 Å². The number of halogens is 2. The van der Waals surface area contributed by atoms with Crippen molar-refractivity contribution < 1.29 is 0 Å². The number of hydrogen-bond donors (Lipinski definition) is 0. The molecular weight excluding hydrogens is 227 g/mol. The van der Waals surface area contributed by atoms with Gasteiger partial charge in [0.25, 0.3) is 0 Å². The minimum Gasteiger partial charge on any atom is -0.225 e. The van der Waals surface area contributed by atoms with Crippen molar-refractivity contribution in [3.8, 4) is 0 Å². The monoisotopic (exact) mass is 236 g/mol. The average molecular weight is 237 g/mol. The Hall–Kier alpha value is 0.01000. The number of nitrogens with zero attached hydrogens (tertiary/aromatic N) is 2. The van der Waals surface area contributed by atoms with E-state index in [1.165, 1.54) is 6.20 Å². The fourth-order valence-electron chi connectivity index (χ4n) is 0.693. The van der Waals surface area contributed by atoms with Crippen molar-refractivity contribution in [1.82, 2.24) is 9.97 Å². The Morgan fingerprint density at radius 1 is 1.31 bits per heavy atom. The van der Waals surface area contributed by atoms with E-state index in [1.807, 2.05) is 0 Å². The third-order valence-corrected chi connectivity index (χ3v) is 2.77. The summed E-state index contributed by atoms with van der Waals surface area (Å²) in [6.07, 6.45) is 1.52. The molecule has 13 heavy (non-hydrogen) atoms. The molecule has 1 aromatic rings.